The van der Waals surface area contributed by atoms with E-state index >= 15 is 0 Å². The average Bonchev–Trinajstić information content (AvgIpc) is 2.48. The lowest BCUT2D eigenvalue weighted by atomic mass is 9.89. The molecule has 1 aliphatic carbocycles. The van der Waals surface area contributed by atoms with Crippen molar-refractivity contribution in [2.45, 2.75) is 44.6 Å². The molecule has 0 aromatic heterocycles. The van der Waals surface area contributed by atoms with Crippen molar-refractivity contribution < 1.29 is 5.11 Å². The minimum absolute atomic E-state index is 0.442. The van der Waals surface area contributed by atoms with Gasteiger partial charge in [0.15, 0.2) is 0 Å². The van der Waals surface area contributed by atoms with Crippen molar-refractivity contribution in [3.05, 3.63) is 29.8 Å². The number of hydrogen-bond donors (Lipinski definition) is 2. The van der Waals surface area contributed by atoms with Crippen molar-refractivity contribution in [2.75, 3.05) is 25.0 Å². The molecule has 2 rings (SSSR count). The zero-order valence-electron chi connectivity index (χ0n) is 12.6. The summed E-state index contributed by atoms with van der Waals surface area (Å²) in [4.78, 5) is 2.33. The van der Waals surface area contributed by atoms with Crippen LogP contribution in [0.5, 0.6) is 0 Å². The van der Waals surface area contributed by atoms with Crippen LogP contribution in [0.15, 0.2) is 24.3 Å². The number of benzene rings is 1. The minimum atomic E-state index is -0.442. The Kier molecular flexibility index (Phi) is 5.86. The second kappa shape index (κ2) is 7.65. The Morgan fingerprint density at radius 1 is 1.30 bits per heavy atom. The van der Waals surface area contributed by atoms with Gasteiger partial charge in [-0.15, -0.1) is 0 Å². The third-order valence-corrected chi connectivity index (χ3v) is 4.39. The highest BCUT2D eigenvalue weighted by molar-refractivity contribution is 5.48. The lowest BCUT2D eigenvalue weighted by molar-refractivity contribution is 0.170. The first-order valence-corrected chi connectivity index (χ1v) is 7.90. The maximum Gasteiger partial charge on any atom is 0.0802 e. The van der Waals surface area contributed by atoms with Crippen molar-refractivity contribution in [3.8, 4) is 0 Å². The van der Waals surface area contributed by atoms with Crippen molar-refractivity contribution >= 4 is 5.69 Å². The maximum atomic E-state index is 10.0. The van der Waals surface area contributed by atoms with Crippen LogP contribution in [-0.4, -0.2) is 25.2 Å². The fraction of sp³-hybridized carbons (Fsp3) is 0.647. The highest BCUT2D eigenvalue weighted by atomic mass is 16.3. The summed E-state index contributed by atoms with van der Waals surface area (Å²) in [7, 11) is 2.16. The average molecular weight is 276 g/mol. The van der Waals surface area contributed by atoms with Gasteiger partial charge in [-0.05, 0) is 49.4 Å². The predicted molar refractivity (Wildman–Crippen MR) is 84.9 cm³/mol. The quantitative estimate of drug-likeness (QED) is 0.839. The summed E-state index contributed by atoms with van der Waals surface area (Å²) in [5.74, 6) is 0.825. The largest absolute Gasteiger partial charge is 0.388 e. The van der Waals surface area contributed by atoms with E-state index in [1.54, 1.807) is 0 Å². The molecule has 0 saturated heterocycles. The topological polar surface area (TPSA) is 49.5 Å². The van der Waals surface area contributed by atoms with E-state index in [0.29, 0.717) is 13.0 Å². The molecule has 3 nitrogen and oxygen atoms in total. The van der Waals surface area contributed by atoms with Crippen LogP contribution in [0.4, 0.5) is 5.69 Å². The Balaban J connectivity index is 1.98. The number of nitrogens with two attached hydrogens (primary N) is 1. The van der Waals surface area contributed by atoms with Crippen molar-refractivity contribution in [1.82, 2.24) is 0 Å². The fourth-order valence-electron chi connectivity index (χ4n) is 3.16. The number of nitrogens with zero attached hydrogens (tertiary/aromatic N) is 1. The molecule has 0 aliphatic heterocycles. The lowest BCUT2D eigenvalue weighted by Gasteiger charge is -2.28. The monoisotopic (exact) mass is 276 g/mol. The van der Waals surface area contributed by atoms with E-state index in [4.69, 9.17) is 5.73 Å². The SMILES string of the molecule is CN(CC1CCCCC1)c1cccc(C(O)CCN)c1. The highest BCUT2D eigenvalue weighted by Gasteiger charge is 2.16. The van der Waals surface area contributed by atoms with Gasteiger partial charge in [0.25, 0.3) is 0 Å². The van der Waals surface area contributed by atoms with Gasteiger partial charge in [0.1, 0.15) is 0 Å². The number of aliphatic hydroxyl groups is 1. The Bertz CT molecular complexity index is 402. The zero-order valence-corrected chi connectivity index (χ0v) is 12.6. The Labute approximate surface area is 122 Å². The molecule has 0 heterocycles. The number of hydrogen-bond acceptors (Lipinski definition) is 3. The van der Waals surface area contributed by atoms with Crippen LogP contribution < -0.4 is 10.6 Å². The van der Waals surface area contributed by atoms with E-state index < -0.39 is 6.10 Å². The molecule has 0 bridgehead atoms. The van der Waals surface area contributed by atoms with Crippen LogP contribution in [0, 0.1) is 5.92 Å². The van der Waals surface area contributed by atoms with Crippen LogP contribution in [-0.2, 0) is 0 Å². The Morgan fingerprint density at radius 3 is 2.75 bits per heavy atom. The van der Waals surface area contributed by atoms with E-state index in [2.05, 4.69) is 24.1 Å². The van der Waals surface area contributed by atoms with Crippen molar-refractivity contribution in [3.63, 3.8) is 0 Å². The van der Waals surface area contributed by atoms with Gasteiger partial charge in [0.2, 0.25) is 0 Å². The molecule has 3 heteroatoms. The summed E-state index contributed by atoms with van der Waals surface area (Å²) in [6.45, 7) is 1.64. The van der Waals surface area contributed by atoms with Crippen molar-refractivity contribution in [1.29, 1.82) is 0 Å². The lowest BCUT2D eigenvalue weighted by Crippen LogP contribution is -2.26. The van der Waals surface area contributed by atoms with Gasteiger partial charge in [-0.3, -0.25) is 0 Å². The minimum Gasteiger partial charge on any atom is -0.388 e. The molecular formula is C17H28N2O. The summed E-state index contributed by atoms with van der Waals surface area (Å²) >= 11 is 0. The zero-order chi connectivity index (χ0) is 14.4. The van der Waals surface area contributed by atoms with Gasteiger partial charge in [-0.1, -0.05) is 31.4 Å². The first kappa shape index (κ1) is 15.3. The first-order valence-electron chi connectivity index (χ1n) is 7.90. The van der Waals surface area contributed by atoms with Crippen LogP contribution >= 0.6 is 0 Å². The summed E-state index contributed by atoms with van der Waals surface area (Å²) < 4.78 is 0. The smallest absolute Gasteiger partial charge is 0.0802 e. The van der Waals surface area contributed by atoms with Gasteiger partial charge >= 0.3 is 0 Å². The van der Waals surface area contributed by atoms with Crippen LogP contribution in [0.3, 0.4) is 0 Å². The maximum absolute atomic E-state index is 10.0. The number of aliphatic hydroxyl groups excluding tert-OH is 1. The molecule has 0 radical (unpaired) electrons. The molecule has 0 spiro atoms. The number of anilines is 1. The van der Waals surface area contributed by atoms with Gasteiger partial charge in [0.05, 0.1) is 6.10 Å². The molecule has 20 heavy (non-hydrogen) atoms. The van der Waals surface area contributed by atoms with Gasteiger partial charge in [-0.25, -0.2) is 0 Å². The van der Waals surface area contributed by atoms with Crippen LogP contribution in [0.2, 0.25) is 0 Å². The fourth-order valence-corrected chi connectivity index (χ4v) is 3.16. The third kappa shape index (κ3) is 4.22. The summed E-state index contributed by atoms with van der Waals surface area (Å²) in [5, 5.41) is 10.0. The number of rotatable bonds is 6. The molecule has 1 aromatic rings. The molecule has 1 aromatic carbocycles. The van der Waals surface area contributed by atoms with E-state index in [9.17, 15) is 5.11 Å². The molecular weight excluding hydrogens is 248 g/mol. The van der Waals surface area contributed by atoms with E-state index in [1.807, 2.05) is 12.1 Å². The van der Waals surface area contributed by atoms with Gasteiger partial charge < -0.3 is 15.7 Å². The summed E-state index contributed by atoms with van der Waals surface area (Å²) in [6, 6.07) is 8.24. The molecule has 3 N–H and O–H groups in total. The Hall–Kier alpha value is -1.06. The second-order valence-corrected chi connectivity index (χ2v) is 6.07. The third-order valence-electron chi connectivity index (χ3n) is 4.39. The molecule has 1 atom stereocenters. The standard InChI is InChI=1S/C17H28N2O/c1-19(13-14-6-3-2-4-7-14)16-9-5-8-15(12-16)17(20)10-11-18/h5,8-9,12,14,17,20H,2-4,6-7,10-11,13,18H2,1H3. The molecule has 1 fully saturated rings. The first-order chi connectivity index (χ1) is 9.70. The molecule has 1 aliphatic rings. The summed E-state index contributed by atoms with van der Waals surface area (Å²) in [5.41, 5.74) is 7.69. The molecule has 1 unspecified atom stereocenters. The predicted octanol–water partition coefficient (Wildman–Crippen LogP) is 3.09. The van der Waals surface area contributed by atoms with Crippen LogP contribution in [0.1, 0.15) is 50.2 Å². The van der Waals surface area contributed by atoms with E-state index in [-0.39, 0.29) is 0 Å². The van der Waals surface area contributed by atoms with E-state index in [0.717, 1.165) is 18.0 Å². The molecule has 0 amide bonds. The molecule has 112 valence electrons. The van der Waals surface area contributed by atoms with E-state index in [1.165, 1.54) is 37.8 Å². The Morgan fingerprint density at radius 2 is 2.05 bits per heavy atom. The molecule has 1 saturated carbocycles. The van der Waals surface area contributed by atoms with Crippen molar-refractivity contribution in [2.24, 2.45) is 11.7 Å². The van der Waals surface area contributed by atoms with Gasteiger partial charge in [0, 0.05) is 19.3 Å². The highest BCUT2D eigenvalue weighted by Crippen LogP contribution is 2.27. The van der Waals surface area contributed by atoms with Gasteiger partial charge in [-0.2, -0.15) is 0 Å². The summed E-state index contributed by atoms with van der Waals surface area (Å²) in [6.07, 6.45) is 7.07. The van der Waals surface area contributed by atoms with Crippen LogP contribution in [0.25, 0.3) is 0 Å². The second-order valence-electron chi connectivity index (χ2n) is 6.07. The normalized spacial score (nSPS) is 17.9.